The molecule has 0 radical (unpaired) electrons. The van der Waals surface area contributed by atoms with Gasteiger partial charge in [-0.05, 0) is 36.4 Å². The summed E-state index contributed by atoms with van der Waals surface area (Å²) in [4.78, 5) is 28.7. The predicted molar refractivity (Wildman–Crippen MR) is 119 cm³/mol. The number of aromatic nitrogens is 5. The molecule has 4 rings (SSSR count). The minimum absolute atomic E-state index is 0.0781. The molecule has 0 saturated heterocycles. The highest BCUT2D eigenvalue weighted by molar-refractivity contribution is 9.10. The third kappa shape index (κ3) is 3.85. The van der Waals surface area contributed by atoms with Crippen LogP contribution < -0.4 is 11.0 Å². The van der Waals surface area contributed by atoms with Crippen molar-refractivity contribution in [1.82, 2.24) is 24.3 Å². The van der Waals surface area contributed by atoms with Crippen molar-refractivity contribution < 1.29 is 9.90 Å². The van der Waals surface area contributed by atoms with E-state index in [4.69, 9.17) is 0 Å². The van der Waals surface area contributed by atoms with Crippen LogP contribution in [-0.4, -0.2) is 41.1 Å². The number of thioether (sulfide) groups is 1. The Kier molecular flexibility index (Phi) is 5.39. The van der Waals surface area contributed by atoms with Gasteiger partial charge >= 0.3 is 5.69 Å². The highest BCUT2D eigenvalue weighted by Crippen LogP contribution is 2.30. The van der Waals surface area contributed by atoms with Gasteiger partial charge in [0.15, 0.2) is 5.82 Å². The van der Waals surface area contributed by atoms with Crippen molar-refractivity contribution in [2.75, 3.05) is 11.1 Å². The fourth-order valence-corrected chi connectivity index (χ4v) is 4.00. The second kappa shape index (κ2) is 8.00. The lowest BCUT2D eigenvalue weighted by molar-refractivity contribution is -0.113. The highest BCUT2D eigenvalue weighted by atomic mass is 79.9. The van der Waals surface area contributed by atoms with Crippen molar-refractivity contribution >= 4 is 50.3 Å². The molecule has 0 unspecified atom stereocenters. The van der Waals surface area contributed by atoms with Crippen LogP contribution in [0.25, 0.3) is 22.4 Å². The van der Waals surface area contributed by atoms with Crippen molar-refractivity contribution in [2.45, 2.75) is 5.16 Å². The number of rotatable bonds is 5. The van der Waals surface area contributed by atoms with Crippen molar-refractivity contribution in [3.05, 3.63) is 51.4 Å². The molecule has 0 aliphatic heterocycles. The van der Waals surface area contributed by atoms with Crippen molar-refractivity contribution in [1.29, 1.82) is 0 Å². The van der Waals surface area contributed by atoms with Gasteiger partial charge in [-0.1, -0.05) is 27.7 Å². The fourth-order valence-electron chi connectivity index (χ4n) is 3.04. The molecule has 0 saturated carbocycles. The zero-order valence-electron chi connectivity index (χ0n) is 16.0. The van der Waals surface area contributed by atoms with E-state index in [-0.39, 0.29) is 23.1 Å². The van der Waals surface area contributed by atoms with Gasteiger partial charge in [0.05, 0.1) is 22.3 Å². The number of hydrogen-bond acceptors (Lipinski definition) is 6. The Balaban J connectivity index is 1.43. The third-order valence-corrected chi connectivity index (χ3v) is 5.91. The molecule has 0 atom stereocenters. The Morgan fingerprint density at radius 1 is 1.20 bits per heavy atom. The number of H-pyrrole nitrogens is 1. The lowest BCUT2D eigenvalue weighted by atomic mass is 10.2. The number of aryl methyl sites for hydroxylation is 2. The summed E-state index contributed by atoms with van der Waals surface area (Å²) in [6.45, 7) is 0. The average molecular weight is 489 g/mol. The molecule has 0 bridgehead atoms. The molecule has 2 aromatic carbocycles. The number of hydrogen-bond donors (Lipinski definition) is 3. The number of nitrogens with one attached hydrogen (secondary N) is 2. The van der Waals surface area contributed by atoms with Crippen LogP contribution in [0.3, 0.4) is 0 Å². The number of nitrogens with zero attached hydrogens (tertiary/aromatic N) is 4. The number of fused-ring (bicyclic) bond motifs is 1. The summed E-state index contributed by atoms with van der Waals surface area (Å²) < 4.78 is 3.89. The van der Waals surface area contributed by atoms with E-state index in [0.29, 0.717) is 22.2 Å². The number of benzene rings is 2. The molecule has 30 heavy (non-hydrogen) atoms. The van der Waals surface area contributed by atoms with Gasteiger partial charge in [-0.25, -0.2) is 9.78 Å². The number of halogens is 1. The van der Waals surface area contributed by atoms with Crippen LogP contribution in [0.1, 0.15) is 0 Å². The van der Waals surface area contributed by atoms with Gasteiger partial charge in [-0.15, -0.1) is 5.10 Å². The summed E-state index contributed by atoms with van der Waals surface area (Å²) in [6.07, 6.45) is 0. The topological polar surface area (TPSA) is 118 Å². The number of amides is 1. The number of phenols is 1. The molecule has 0 spiro atoms. The number of carbonyl (C=O) groups is 1. The van der Waals surface area contributed by atoms with Gasteiger partial charge in [-0.2, -0.15) is 0 Å². The fraction of sp³-hybridized carbons (Fsp3) is 0.158. The van der Waals surface area contributed by atoms with Crippen LogP contribution in [0, 0.1) is 0 Å². The number of imidazole rings is 1. The summed E-state index contributed by atoms with van der Waals surface area (Å²) in [5.41, 5.74) is 2.51. The largest absolute Gasteiger partial charge is 0.507 e. The summed E-state index contributed by atoms with van der Waals surface area (Å²) in [7, 11) is 3.40. The first kappa shape index (κ1) is 20.2. The van der Waals surface area contributed by atoms with Gasteiger partial charge in [0.2, 0.25) is 11.1 Å². The van der Waals surface area contributed by atoms with E-state index in [0.717, 1.165) is 15.5 Å². The van der Waals surface area contributed by atoms with Crippen LogP contribution in [0.5, 0.6) is 5.75 Å². The molecule has 2 aromatic heterocycles. The SMILES string of the molecule is Cn1c(=O)n(C)c2cc(NC(=O)CSc3n[nH]c(-c4cc(Br)ccc4O)n3)ccc21. The Labute approximate surface area is 183 Å². The molecule has 1 amide bonds. The predicted octanol–water partition coefficient (Wildman–Crippen LogP) is 2.86. The van der Waals surface area contributed by atoms with Gasteiger partial charge < -0.3 is 10.4 Å². The first-order chi connectivity index (χ1) is 14.3. The van der Waals surface area contributed by atoms with E-state index in [9.17, 15) is 14.7 Å². The normalized spacial score (nSPS) is 11.2. The molecule has 11 heteroatoms. The van der Waals surface area contributed by atoms with Crippen molar-refractivity contribution in [3.63, 3.8) is 0 Å². The van der Waals surface area contributed by atoms with Crippen LogP contribution >= 0.6 is 27.7 Å². The zero-order chi connectivity index (χ0) is 21.4. The summed E-state index contributed by atoms with van der Waals surface area (Å²) in [6, 6.07) is 10.3. The second-order valence-electron chi connectivity index (χ2n) is 6.57. The number of phenolic OH excluding ortho intramolecular Hbond substituents is 1. The van der Waals surface area contributed by atoms with Gasteiger partial charge in [0, 0.05) is 24.3 Å². The van der Waals surface area contributed by atoms with Gasteiger partial charge in [-0.3, -0.25) is 19.0 Å². The Hall–Kier alpha value is -3.05. The van der Waals surface area contributed by atoms with Gasteiger partial charge in [0.25, 0.3) is 0 Å². The molecular weight excluding hydrogens is 472 g/mol. The summed E-state index contributed by atoms with van der Waals surface area (Å²) >= 11 is 4.52. The number of carbonyl (C=O) groups excluding carboxylic acids is 1. The van der Waals surface area contributed by atoms with E-state index in [2.05, 4.69) is 36.4 Å². The quantitative estimate of drug-likeness (QED) is 0.371. The molecule has 3 N–H and O–H groups in total. The third-order valence-electron chi connectivity index (χ3n) is 4.57. The molecule has 154 valence electrons. The molecular formula is C19H17BrN6O3S. The van der Waals surface area contributed by atoms with E-state index < -0.39 is 0 Å². The smallest absolute Gasteiger partial charge is 0.328 e. The maximum absolute atomic E-state index is 12.3. The lowest BCUT2D eigenvalue weighted by Crippen LogP contribution is -2.19. The lowest BCUT2D eigenvalue weighted by Gasteiger charge is -2.05. The van der Waals surface area contributed by atoms with E-state index in [1.807, 2.05) is 0 Å². The van der Waals surface area contributed by atoms with Crippen molar-refractivity contribution in [3.8, 4) is 17.1 Å². The number of anilines is 1. The van der Waals surface area contributed by atoms with Crippen LogP contribution in [0.4, 0.5) is 5.69 Å². The maximum Gasteiger partial charge on any atom is 0.328 e. The highest BCUT2D eigenvalue weighted by Gasteiger charge is 2.13. The molecule has 2 heterocycles. The number of aromatic amines is 1. The standard InChI is InChI=1S/C19H17BrN6O3S/c1-25-13-5-4-11(8-14(13)26(2)19(25)29)21-16(28)9-30-18-22-17(23-24-18)12-7-10(20)3-6-15(12)27/h3-8,27H,9H2,1-2H3,(H,21,28)(H,22,23,24). The molecule has 0 fully saturated rings. The summed E-state index contributed by atoms with van der Waals surface area (Å²) in [5.74, 6) is 0.367. The molecule has 0 aliphatic rings. The van der Waals surface area contributed by atoms with E-state index in [1.165, 1.54) is 16.3 Å². The van der Waals surface area contributed by atoms with Gasteiger partial charge in [0.1, 0.15) is 5.75 Å². The monoisotopic (exact) mass is 488 g/mol. The van der Waals surface area contributed by atoms with Crippen LogP contribution in [-0.2, 0) is 18.9 Å². The maximum atomic E-state index is 12.3. The molecule has 0 aliphatic carbocycles. The van der Waals surface area contributed by atoms with E-state index in [1.54, 1.807) is 55.1 Å². The number of aromatic hydroxyl groups is 1. The average Bonchev–Trinajstić information content (AvgIpc) is 3.28. The first-order valence-corrected chi connectivity index (χ1v) is 10.6. The van der Waals surface area contributed by atoms with E-state index >= 15 is 0 Å². The summed E-state index contributed by atoms with van der Waals surface area (Å²) in [5, 5.41) is 20.1. The Bertz CT molecular complexity index is 1330. The minimum atomic E-state index is -0.225. The Morgan fingerprint density at radius 2 is 1.97 bits per heavy atom. The Morgan fingerprint density at radius 3 is 2.77 bits per heavy atom. The van der Waals surface area contributed by atoms with Crippen LogP contribution in [0.2, 0.25) is 0 Å². The molecule has 4 aromatic rings. The van der Waals surface area contributed by atoms with Crippen molar-refractivity contribution in [2.24, 2.45) is 14.1 Å². The zero-order valence-corrected chi connectivity index (χ0v) is 18.4. The first-order valence-electron chi connectivity index (χ1n) is 8.83. The molecule has 9 nitrogen and oxygen atoms in total. The second-order valence-corrected chi connectivity index (χ2v) is 8.43. The van der Waals surface area contributed by atoms with Crippen LogP contribution in [0.15, 0.2) is 50.8 Å². The minimum Gasteiger partial charge on any atom is -0.507 e.